The number of aryl methyl sites for hydroxylation is 1. The maximum absolute atomic E-state index is 10.4. The number of nitrogens with one attached hydrogen (secondary N) is 1. The molecule has 72 valence electrons. The maximum Gasteiger partial charge on any atom is 0.231 e. The number of aromatic nitrogens is 2. The van der Waals surface area contributed by atoms with Crippen LogP contribution in [0.3, 0.4) is 0 Å². The van der Waals surface area contributed by atoms with Crippen molar-refractivity contribution in [1.29, 1.82) is 0 Å². The molecule has 5 heteroatoms. The highest BCUT2D eigenvalue weighted by molar-refractivity contribution is 5.75. The van der Waals surface area contributed by atoms with Gasteiger partial charge in [-0.05, 0) is 13.0 Å². The van der Waals surface area contributed by atoms with Crippen LogP contribution in [0.4, 0.5) is 0 Å². The molecule has 0 aliphatic rings. The van der Waals surface area contributed by atoms with Gasteiger partial charge in [0.2, 0.25) is 5.91 Å². The molecule has 0 aliphatic carbocycles. The van der Waals surface area contributed by atoms with Crippen molar-refractivity contribution < 1.29 is 4.79 Å². The van der Waals surface area contributed by atoms with E-state index in [9.17, 15) is 4.79 Å². The average molecular weight is 182 g/mol. The summed E-state index contributed by atoms with van der Waals surface area (Å²) in [7, 11) is 0. The molecule has 13 heavy (non-hydrogen) atoms. The van der Waals surface area contributed by atoms with E-state index in [0.717, 1.165) is 12.2 Å². The Balaban J connectivity index is 2.40. The van der Waals surface area contributed by atoms with E-state index in [0.29, 0.717) is 6.54 Å². The van der Waals surface area contributed by atoms with Crippen molar-refractivity contribution in [3.63, 3.8) is 0 Å². The number of amides is 1. The second kappa shape index (κ2) is 4.61. The molecule has 0 bridgehead atoms. The summed E-state index contributed by atoms with van der Waals surface area (Å²) in [6.45, 7) is 3.68. The van der Waals surface area contributed by atoms with E-state index < -0.39 is 0 Å². The van der Waals surface area contributed by atoms with Crippen LogP contribution in [0.15, 0.2) is 12.3 Å². The van der Waals surface area contributed by atoms with Crippen molar-refractivity contribution in [3.8, 4) is 0 Å². The van der Waals surface area contributed by atoms with E-state index in [1.807, 2.05) is 17.7 Å². The van der Waals surface area contributed by atoms with Crippen molar-refractivity contribution >= 4 is 5.91 Å². The van der Waals surface area contributed by atoms with E-state index in [2.05, 4.69) is 10.4 Å². The Hall–Kier alpha value is -1.36. The molecule has 0 unspecified atom stereocenters. The Morgan fingerprint density at radius 1 is 1.77 bits per heavy atom. The number of hydrogen-bond donors (Lipinski definition) is 2. The molecule has 1 amide bonds. The number of hydrogen-bond acceptors (Lipinski definition) is 3. The molecule has 0 atom stereocenters. The summed E-state index contributed by atoms with van der Waals surface area (Å²) in [5, 5.41) is 7.02. The Morgan fingerprint density at radius 3 is 3.15 bits per heavy atom. The first-order valence-corrected chi connectivity index (χ1v) is 4.23. The molecule has 0 aromatic carbocycles. The van der Waals surface area contributed by atoms with Gasteiger partial charge in [-0.1, -0.05) is 0 Å². The summed E-state index contributed by atoms with van der Waals surface area (Å²) in [5.41, 5.74) is 6.04. The molecular weight excluding hydrogens is 168 g/mol. The van der Waals surface area contributed by atoms with Gasteiger partial charge < -0.3 is 11.1 Å². The molecule has 0 aliphatic heterocycles. The Morgan fingerprint density at radius 2 is 2.54 bits per heavy atom. The topological polar surface area (TPSA) is 72.9 Å². The highest BCUT2D eigenvalue weighted by atomic mass is 16.1. The summed E-state index contributed by atoms with van der Waals surface area (Å²) in [6, 6.07) is 1.91. The highest BCUT2D eigenvalue weighted by Gasteiger charge is 2.00. The van der Waals surface area contributed by atoms with E-state index in [-0.39, 0.29) is 12.5 Å². The second-order valence-corrected chi connectivity index (χ2v) is 2.71. The van der Waals surface area contributed by atoms with E-state index >= 15 is 0 Å². The molecule has 1 rings (SSSR count). The van der Waals surface area contributed by atoms with Gasteiger partial charge in [0.05, 0.1) is 12.2 Å². The standard InChI is InChI=1S/C8H14N4O/c1-2-12-7(3-4-11-12)5-10-6-8(9)13/h3-4,10H,2,5-6H2,1H3,(H2,9,13). The van der Waals surface area contributed by atoms with Crippen LogP contribution in [0, 0.1) is 0 Å². The zero-order valence-electron chi connectivity index (χ0n) is 7.66. The van der Waals surface area contributed by atoms with Gasteiger partial charge in [0, 0.05) is 19.3 Å². The zero-order valence-corrected chi connectivity index (χ0v) is 7.66. The summed E-state index contributed by atoms with van der Waals surface area (Å²) < 4.78 is 1.87. The monoisotopic (exact) mass is 182 g/mol. The fourth-order valence-corrected chi connectivity index (χ4v) is 1.11. The molecule has 0 radical (unpaired) electrons. The van der Waals surface area contributed by atoms with Gasteiger partial charge in [-0.25, -0.2) is 0 Å². The van der Waals surface area contributed by atoms with Crippen LogP contribution in [-0.2, 0) is 17.9 Å². The fraction of sp³-hybridized carbons (Fsp3) is 0.500. The SMILES string of the molecule is CCn1nccc1CNCC(N)=O. The van der Waals surface area contributed by atoms with Crippen LogP contribution in [0.25, 0.3) is 0 Å². The Labute approximate surface area is 76.9 Å². The molecule has 0 fully saturated rings. The zero-order chi connectivity index (χ0) is 9.68. The third-order valence-electron chi connectivity index (χ3n) is 1.71. The van der Waals surface area contributed by atoms with E-state index in [4.69, 9.17) is 5.73 Å². The molecule has 0 saturated heterocycles. The molecule has 3 N–H and O–H groups in total. The van der Waals surface area contributed by atoms with Crippen LogP contribution in [0.1, 0.15) is 12.6 Å². The van der Waals surface area contributed by atoms with Crippen LogP contribution in [0.2, 0.25) is 0 Å². The first-order chi connectivity index (χ1) is 6.24. The van der Waals surface area contributed by atoms with Gasteiger partial charge in [-0.3, -0.25) is 9.48 Å². The Bertz CT molecular complexity index is 281. The number of nitrogens with zero attached hydrogens (tertiary/aromatic N) is 2. The lowest BCUT2D eigenvalue weighted by molar-refractivity contribution is -0.117. The second-order valence-electron chi connectivity index (χ2n) is 2.71. The van der Waals surface area contributed by atoms with Crippen LogP contribution in [0.5, 0.6) is 0 Å². The Kier molecular flexibility index (Phi) is 3.45. The largest absolute Gasteiger partial charge is 0.369 e. The predicted molar refractivity (Wildman–Crippen MR) is 48.8 cm³/mol. The summed E-state index contributed by atoms with van der Waals surface area (Å²) in [4.78, 5) is 10.4. The normalized spacial score (nSPS) is 10.2. The predicted octanol–water partition coefficient (Wildman–Crippen LogP) is -0.522. The van der Waals surface area contributed by atoms with Crippen LogP contribution < -0.4 is 11.1 Å². The first-order valence-electron chi connectivity index (χ1n) is 4.23. The van der Waals surface area contributed by atoms with Gasteiger partial charge in [0.25, 0.3) is 0 Å². The van der Waals surface area contributed by atoms with Gasteiger partial charge in [0.15, 0.2) is 0 Å². The number of carbonyl (C=O) groups excluding carboxylic acids is 1. The van der Waals surface area contributed by atoms with Gasteiger partial charge in [-0.2, -0.15) is 5.10 Å². The molecule has 1 aromatic heterocycles. The number of rotatable bonds is 5. The lowest BCUT2D eigenvalue weighted by Crippen LogP contribution is -2.28. The van der Waals surface area contributed by atoms with E-state index in [1.165, 1.54) is 0 Å². The van der Waals surface area contributed by atoms with Crippen molar-refractivity contribution in [3.05, 3.63) is 18.0 Å². The lowest BCUT2D eigenvalue weighted by atomic mass is 10.4. The smallest absolute Gasteiger partial charge is 0.231 e. The van der Waals surface area contributed by atoms with Gasteiger partial charge in [-0.15, -0.1) is 0 Å². The molecule has 1 heterocycles. The highest BCUT2D eigenvalue weighted by Crippen LogP contribution is 1.97. The van der Waals surface area contributed by atoms with Crippen molar-refractivity contribution in [2.45, 2.75) is 20.0 Å². The number of nitrogens with two attached hydrogens (primary N) is 1. The average Bonchev–Trinajstić information content (AvgIpc) is 2.51. The molecular formula is C8H14N4O. The molecule has 0 spiro atoms. The summed E-state index contributed by atoms with van der Waals surface area (Å²) in [6.07, 6.45) is 1.74. The van der Waals surface area contributed by atoms with Crippen molar-refractivity contribution in [2.24, 2.45) is 5.73 Å². The maximum atomic E-state index is 10.4. The van der Waals surface area contributed by atoms with Gasteiger partial charge >= 0.3 is 0 Å². The van der Waals surface area contributed by atoms with Crippen LogP contribution >= 0.6 is 0 Å². The molecule has 5 nitrogen and oxygen atoms in total. The minimum Gasteiger partial charge on any atom is -0.369 e. The lowest BCUT2D eigenvalue weighted by Gasteiger charge is -2.04. The first kappa shape index (κ1) is 9.73. The minimum absolute atomic E-state index is 0.203. The van der Waals surface area contributed by atoms with E-state index in [1.54, 1.807) is 6.20 Å². The fourth-order valence-electron chi connectivity index (χ4n) is 1.11. The summed E-state index contributed by atoms with van der Waals surface area (Å²) >= 11 is 0. The van der Waals surface area contributed by atoms with Gasteiger partial charge in [0.1, 0.15) is 0 Å². The third-order valence-corrected chi connectivity index (χ3v) is 1.71. The number of primary amides is 1. The quantitative estimate of drug-likeness (QED) is 0.643. The molecule has 1 aromatic rings. The van der Waals surface area contributed by atoms with Crippen molar-refractivity contribution in [2.75, 3.05) is 6.54 Å². The minimum atomic E-state index is -0.345. The van der Waals surface area contributed by atoms with Crippen LogP contribution in [-0.4, -0.2) is 22.2 Å². The summed E-state index contributed by atoms with van der Waals surface area (Å²) in [5.74, 6) is -0.345. The molecule has 0 saturated carbocycles. The van der Waals surface area contributed by atoms with Crippen molar-refractivity contribution in [1.82, 2.24) is 15.1 Å². The third kappa shape index (κ3) is 2.87. The number of carbonyl (C=O) groups is 1.